The predicted molar refractivity (Wildman–Crippen MR) is 103 cm³/mol. The van der Waals surface area contributed by atoms with Crippen molar-refractivity contribution in [3.63, 3.8) is 0 Å². The molecule has 1 spiro atoms. The number of thiophene rings is 1. The summed E-state index contributed by atoms with van der Waals surface area (Å²) >= 11 is 1.59. The van der Waals surface area contributed by atoms with Crippen molar-refractivity contribution >= 4 is 34.6 Å². The largest absolute Gasteiger partial charge is 0.386 e. The maximum atomic E-state index is 12.5. The van der Waals surface area contributed by atoms with Crippen LogP contribution in [0.3, 0.4) is 0 Å². The van der Waals surface area contributed by atoms with Crippen LogP contribution in [0.15, 0.2) is 40.3 Å². The van der Waals surface area contributed by atoms with Gasteiger partial charge in [-0.05, 0) is 41.4 Å². The number of oxime groups is 1. The quantitative estimate of drug-likeness (QED) is 0.877. The molecule has 2 aromatic heterocycles. The third-order valence-corrected chi connectivity index (χ3v) is 5.69. The second-order valence-corrected chi connectivity index (χ2v) is 7.73. The van der Waals surface area contributed by atoms with Gasteiger partial charge in [-0.15, -0.1) is 0 Å². The zero-order valence-corrected chi connectivity index (χ0v) is 15.8. The van der Waals surface area contributed by atoms with Crippen molar-refractivity contribution in [3.05, 3.63) is 46.4 Å². The second kappa shape index (κ2) is 7.11. The van der Waals surface area contributed by atoms with Gasteiger partial charge in [0.15, 0.2) is 5.60 Å². The number of hydrogen-bond acceptors (Lipinski definition) is 6. The van der Waals surface area contributed by atoms with Gasteiger partial charge in [-0.1, -0.05) is 5.16 Å². The summed E-state index contributed by atoms with van der Waals surface area (Å²) in [5, 5.41) is 10.8. The van der Waals surface area contributed by atoms with Gasteiger partial charge in [-0.2, -0.15) is 11.3 Å². The summed E-state index contributed by atoms with van der Waals surface area (Å²) in [5.74, 6) is -0.205. The van der Waals surface area contributed by atoms with Crippen LogP contribution in [0.25, 0.3) is 0 Å². The Balaban J connectivity index is 1.35. The SMILES string of the molecule is Cc1ncccc1NC(=O)C1=NO[C@]2(CCN(C(=O)Cc3ccsc3)C2)C1. The van der Waals surface area contributed by atoms with Crippen LogP contribution in [-0.4, -0.2) is 46.1 Å². The lowest BCUT2D eigenvalue weighted by Gasteiger charge is -2.21. The Hall–Kier alpha value is -2.74. The van der Waals surface area contributed by atoms with E-state index in [4.69, 9.17) is 4.84 Å². The van der Waals surface area contributed by atoms with Gasteiger partial charge in [0.2, 0.25) is 5.91 Å². The molecule has 8 heteroatoms. The molecule has 2 aromatic rings. The molecule has 0 radical (unpaired) electrons. The van der Waals surface area contributed by atoms with Crippen molar-refractivity contribution < 1.29 is 14.4 Å². The van der Waals surface area contributed by atoms with Crippen LogP contribution in [0.2, 0.25) is 0 Å². The molecular weight excluding hydrogens is 364 g/mol. The highest BCUT2D eigenvalue weighted by Crippen LogP contribution is 2.34. The second-order valence-electron chi connectivity index (χ2n) is 6.95. The third kappa shape index (κ3) is 3.71. The highest BCUT2D eigenvalue weighted by atomic mass is 32.1. The van der Waals surface area contributed by atoms with E-state index in [9.17, 15) is 9.59 Å². The topological polar surface area (TPSA) is 83.9 Å². The van der Waals surface area contributed by atoms with E-state index >= 15 is 0 Å². The van der Waals surface area contributed by atoms with Crippen LogP contribution in [0.5, 0.6) is 0 Å². The van der Waals surface area contributed by atoms with Gasteiger partial charge in [-0.25, -0.2) is 0 Å². The number of nitrogens with zero attached hydrogens (tertiary/aromatic N) is 3. The molecule has 2 aliphatic heterocycles. The van der Waals surface area contributed by atoms with Gasteiger partial charge >= 0.3 is 0 Å². The van der Waals surface area contributed by atoms with E-state index in [2.05, 4.69) is 15.5 Å². The van der Waals surface area contributed by atoms with E-state index in [-0.39, 0.29) is 11.8 Å². The minimum atomic E-state index is -0.582. The van der Waals surface area contributed by atoms with Crippen LogP contribution in [0.4, 0.5) is 5.69 Å². The van der Waals surface area contributed by atoms with Crippen molar-refractivity contribution in [2.75, 3.05) is 18.4 Å². The number of anilines is 1. The maximum Gasteiger partial charge on any atom is 0.273 e. The molecule has 1 saturated heterocycles. The monoisotopic (exact) mass is 384 g/mol. The Morgan fingerprint density at radius 1 is 1.41 bits per heavy atom. The van der Waals surface area contributed by atoms with Crippen LogP contribution >= 0.6 is 11.3 Å². The van der Waals surface area contributed by atoms with Crippen LogP contribution in [0, 0.1) is 6.92 Å². The lowest BCUT2D eigenvalue weighted by molar-refractivity contribution is -0.130. The molecule has 1 N–H and O–H groups in total. The predicted octanol–water partition coefficient (Wildman–Crippen LogP) is 2.38. The average molecular weight is 384 g/mol. The van der Waals surface area contributed by atoms with Gasteiger partial charge in [-0.3, -0.25) is 14.6 Å². The summed E-state index contributed by atoms with van der Waals surface area (Å²) in [5.41, 5.74) is 2.20. The molecule has 27 heavy (non-hydrogen) atoms. The molecule has 7 nitrogen and oxygen atoms in total. The summed E-state index contributed by atoms with van der Waals surface area (Å²) in [6.07, 6.45) is 3.15. The van der Waals surface area contributed by atoms with E-state index in [0.717, 1.165) is 11.3 Å². The smallest absolute Gasteiger partial charge is 0.273 e. The van der Waals surface area contributed by atoms with Gasteiger partial charge in [0, 0.05) is 25.6 Å². The fraction of sp³-hybridized carbons (Fsp3) is 0.368. The average Bonchev–Trinajstić information content (AvgIpc) is 3.39. The molecule has 4 rings (SSSR count). The zero-order chi connectivity index (χ0) is 18.9. The van der Waals surface area contributed by atoms with Crippen molar-refractivity contribution in [2.24, 2.45) is 5.16 Å². The summed E-state index contributed by atoms with van der Waals surface area (Å²) in [6, 6.07) is 5.53. The van der Waals surface area contributed by atoms with Crippen molar-refractivity contribution in [2.45, 2.75) is 31.8 Å². The molecule has 2 amide bonds. The number of aromatic nitrogens is 1. The summed E-state index contributed by atoms with van der Waals surface area (Å²) in [7, 11) is 0. The normalized spacial score (nSPS) is 21.2. The van der Waals surface area contributed by atoms with Crippen LogP contribution in [0.1, 0.15) is 24.1 Å². The Bertz CT molecular complexity index is 896. The van der Waals surface area contributed by atoms with E-state index in [1.165, 1.54) is 0 Å². The van der Waals surface area contributed by atoms with Crippen molar-refractivity contribution in [1.82, 2.24) is 9.88 Å². The molecule has 2 aliphatic rings. The molecule has 1 fully saturated rings. The van der Waals surface area contributed by atoms with Crippen LogP contribution < -0.4 is 5.32 Å². The van der Waals surface area contributed by atoms with Gasteiger partial charge in [0.25, 0.3) is 5.91 Å². The maximum absolute atomic E-state index is 12.5. The first-order valence-electron chi connectivity index (χ1n) is 8.82. The molecule has 0 aliphatic carbocycles. The highest BCUT2D eigenvalue weighted by Gasteiger charge is 2.47. The minimum absolute atomic E-state index is 0.0813. The summed E-state index contributed by atoms with van der Waals surface area (Å²) < 4.78 is 0. The molecule has 0 saturated carbocycles. The number of carbonyl (C=O) groups excluding carboxylic acids is 2. The third-order valence-electron chi connectivity index (χ3n) is 4.96. The molecule has 1 atom stereocenters. The zero-order valence-electron chi connectivity index (χ0n) is 15.0. The van der Waals surface area contributed by atoms with Gasteiger partial charge in [0.05, 0.1) is 24.3 Å². The molecule has 0 unspecified atom stereocenters. The standard InChI is InChI=1S/C19H20N4O3S/c1-13-15(3-2-6-20-13)21-18(25)16-10-19(26-22-16)5-7-23(12-19)17(24)9-14-4-8-27-11-14/h2-4,6,8,11H,5,7,9-10,12H2,1H3,(H,21,25)/t19-/m1/s1. The molecular formula is C19H20N4O3S. The highest BCUT2D eigenvalue weighted by molar-refractivity contribution is 7.08. The Morgan fingerprint density at radius 3 is 3.07 bits per heavy atom. The van der Waals surface area contributed by atoms with E-state index < -0.39 is 5.60 Å². The minimum Gasteiger partial charge on any atom is -0.386 e. The fourth-order valence-electron chi connectivity index (χ4n) is 3.41. The number of nitrogens with one attached hydrogen (secondary N) is 1. The Labute approximate surface area is 161 Å². The van der Waals surface area contributed by atoms with E-state index in [1.54, 1.807) is 34.6 Å². The molecule has 0 bridgehead atoms. The Kier molecular flexibility index (Phi) is 4.65. The fourth-order valence-corrected chi connectivity index (χ4v) is 4.08. The number of rotatable bonds is 4. The number of amides is 2. The number of carbonyl (C=O) groups is 2. The number of pyridine rings is 1. The molecule has 140 valence electrons. The number of hydrogen-bond donors (Lipinski definition) is 1. The van der Waals surface area contributed by atoms with Crippen molar-refractivity contribution in [1.29, 1.82) is 0 Å². The van der Waals surface area contributed by atoms with Gasteiger partial charge in [0.1, 0.15) is 5.71 Å². The van der Waals surface area contributed by atoms with E-state index in [1.807, 2.05) is 23.8 Å². The van der Waals surface area contributed by atoms with Crippen LogP contribution in [-0.2, 0) is 20.8 Å². The lowest BCUT2D eigenvalue weighted by atomic mass is 9.96. The van der Waals surface area contributed by atoms with E-state index in [0.29, 0.717) is 43.8 Å². The molecule has 4 heterocycles. The first kappa shape index (κ1) is 17.7. The van der Waals surface area contributed by atoms with Crippen molar-refractivity contribution in [3.8, 4) is 0 Å². The summed E-state index contributed by atoms with van der Waals surface area (Å²) in [4.78, 5) is 36.6. The number of likely N-dealkylation sites (tertiary alicyclic amines) is 1. The first-order valence-corrected chi connectivity index (χ1v) is 9.76. The van der Waals surface area contributed by atoms with Gasteiger partial charge < -0.3 is 15.1 Å². The number of aryl methyl sites for hydroxylation is 1. The molecule has 0 aromatic carbocycles. The summed E-state index contributed by atoms with van der Waals surface area (Å²) in [6.45, 7) is 2.91. The first-order chi connectivity index (χ1) is 13.0. The Morgan fingerprint density at radius 2 is 2.30 bits per heavy atom. The lowest BCUT2D eigenvalue weighted by Crippen LogP contribution is -2.38.